The summed E-state index contributed by atoms with van der Waals surface area (Å²) in [6, 6.07) is 0. The summed E-state index contributed by atoms with van der Waals surface area (Å²) in [4.78, 5) is 11.0. The van der Waals surface area contributed by atoms with Gasteiger partial charge in [-0.05, 0) is 25.7 Å². The van der Waals surface area contributed by atoms with Crippen LogP contribution in [0.5, 0.6) is 0 Å². The number of thiol groups is 1. The first kappa shape index (κ1) is 11.4. The lowest BCUT2D eigenvalue weighted by Crippen LogP contribution is -2.20. The number of hydrogen-bond acceptors (Lipinski definition) is 1. The van der Waals surface area contributed by atoms with Crippen molar-refractivity contribution in [2.75, 3.05) is 13.1 Å². The lowest BCUT2D eigenvalue weighted by atomic mass is 10.6. The van der Waals surface area contributed by atoms with Crippen molar-refractivity contribution in [2.45, 2.75) is 13.8 Å². The van der Waals surface area contributed by atoms with E-state index < -0.39 is 5.62 Å². The van der Waals surface area contributed by atoms with E-state index in [4.69, 9.17) is 4.89 Å². The van der Waals surface area contributed by atoms with Crippen molar-refractivity contribution in [1.29, 1.82) is 0 Å². The maximum absolute atomic E-state index is 9.02. The molecule has 0 fully saturated rings. The van der Waals surface area contributed by atoms with Crippen molar-refractivity contribution in [3.63, 3.8) is 0 Å². The van der Waals surface area contributed by atoms with Crippen molar-refractivity contribution in [3.8, 4) is 0 Å². The van der Waals surface area contributed by atoms with Gasteiger partial charge in [0.25, 0.3) is 0 Å². The van der Waals surface area contributed by atoms with Crippen molar-refractivity contribution < 1.29 is 4.89 Å². The lowest BCUT2D eigenvalue weighted by molar-refractivity contribution is 0.480. The highest BCUT2D eigenvalue weighted by Crippen LogP contribution is 2.47. The standard InChI is InChI=1S/C5H13N2OPS2/c1-3-7(4-2)5-6-9(8,10)11/h5H,3-4H2,1-2H3,(H2,8,10,11). The maximum Gasteiger partial charge on any atom is 0.227 e. The summed E-state index contributed by atoms with van der Waals surface area (Å²) in [5, 5.41) is 0. The zero-order valence-corrected chi connectivity index (χ0v) is 9.24. The Morgan fingerprint density at radius 2 is 2.09 bits per heavy atom. The van der Waals surface area contributed by atoms with Gasteiger partial charge in [0, 0.05) is 13.1 Å². The molecular formula is C5H13N2OPS2. The zero-order valence-electron chi connectivity index (χ0n) is 6.64. The molecule has 0 radical (unpaired) electrons. The van der Waals surface area contributed by atoms with Gasteiger partial charge in [-0.25, -0.2) is 4.76 Å². The molecule has 0 amide bonds. The first-order valence-electron chi connectivity index (χ1n) is 3.35. The van der Waals surface area contributed by atoms with E-state index in [1.54, 1.807) is 6.34 Å². The van der Waals surface area contributed by atoms with E-state index in [9.17, 15) is 0 Å². The van der Waals surface area contributed by atoms with Gasteiger partial charge in [0.15, 0.2) is 0 Å². The van der Waals surface area contributed by atoms with Crippen LogP contribution in [0.4, 0.5) is 0 Å². The van der Waals surface area contributed by atoms with Crippen molar-refractivity contribution >= 4 is 36.0 Å². The van der Waals surface area contributed by atoms with Crippen LogP contribution in [-0.2, 0) is 11.8 Å². The number of nitrogens with zero attached hydrogens (tertiary/aromatic N) is 2. The minimum Gasteiger partial charge on any atom is -0.363 e. The Morgan fingerprint density at radius 3 is 2.36 bits per heavy atom. The van der Waals surface area contributed by atoms with Gasteiger partial charge in [-0.15, -0.1) is 0 Å². The molecule has 6 heteroatoms. The van der Waals surface area contributed by atoms with Crippen LogP contribution in [0.1, 0.15) is 13.8 Å². The molecule has 66 valence electrons. The molecule has 3 nitrogen and oxygen atoms in total. The molecule has 1 unspecified atom stereocenters. The molecule has 0 aromatic heterocycles. The first-order valence-corrected chi connectivity index (χ1v) is 7.21. The van der Waals surface area contributed by atoms with E-state index in [0.717, 1.165) is 13.1 Å². The fourth-order valence-electron chi connectivity index (χ4n) is 0.527. The highest BCUT2D eigenvalue weighted by molar-refractivity contribution is 8.61. The molecule has 1 atom stereocenters. The normalized spacial score (nSPS) is 16.7. The van der Waals surface area contributed by atoms with Gasteiger partial charge in [-0.1, -0.05) is 12.2 Å². The Morgan fingerprint density at radius 1 is 1.64 bits per heavy atom. The van der Waals surface area contributed by atoms with Gasteiger partial charge in [-0.3, -0.25) is 0 Å². The fourth-order valence-corrected chi connectivity index (χ4v) is 1.07. The Labute approximate surface area is 77.8 Å². The minimum absolute atomic E-state index is 0.864. The summed E-state index contributed by atoms with van der Waals surface area (Å²) in [7, 11) is 0. The second-order valence-electron chi connectivity index (χ2n) is 1.97. The van der Waals surface area contributed by atoms with E-state index in [-0.39, 0.29) is 0 Å². The molecule has 11 heavy (non-hydrogen) atoms. The predicted octanol–water partition coefficient (Wildman–Crippen LogP) is 1.50. The minimum atomic E-state index is -2.69. The SMILES string of the molecule is CCN(C=NP(O)(=S)S)CC. The van der Waals surface area contributed by atoms with Crippen LogP contribution in [0.2, 0.25) is 0 Å². The Bertz CT molecular complexity index is 175. The highest BCUT2D eigenvalue weighted by atomic mass is 32.9. The van der Waals surface area contributed by atoms with E-state index >= 15 is 0 Å². The smallest absolute Gasteiger partial charge is 0.227 e. The van der Waals surface area contributed by atoms with Gasteiger partial charge in [0.1, 0.15) is 0 Å². The Balaban J connectivity index is 4.00. The zero-order chi connectivity index (χ0) is 8.91. The topological polar surface area (TPSA) is 35.8 Å². The molecule has 0 rings (SSSR count). The van der Waals surface area contributed by atoms with Crippen molar-refractivity contribution in [3.05, 3.63) is 0 Å². The van der Waals surface area contributed by atoms with Gasteiger partial charge in [-0.2, -0.15) is 0 Å². The molecule has 1 N–H and O–H groups in total. The number of hydrogen-bond donors (Lipinski definition) is 2. The molecule has 0 aromatic rings. The second kappa shape index (κ2) is 5.14. The van der Waals surface area contributed by atoms with Crippen LogP contribution in [0, 0.1) is 0 Å². The Hall–Kier alpha value is 0.430. The van der Waals surface area contributed by atoms with Crippen LogP contribution in [-0.4, -0.2) is 29.2 Å². The third kappa shape index (κ3) is 6.81. The van der Waals surface area contributed by atoms with Gasteiger partial charge < -0.3 is 9.79 Å². The molecule has 0 bridgehead atoms. The molecule has 0 spiro atoms. The average molecular weight is 212 g/mol. The molecule has 0 aliphatic rings. The summed E-state index contributed by atoms with van der Waals surface area (Å²) < 4.78 is 3.75. The fraction of sp³-hybridized carbons (Fsp3) is 0.800. The summed E-state index contributed by atoms with van der Waals surface area (Å²) >= 11 is 8.37. The summed E-state index contributed by atoms with van der Waals surface area (Å²) in [6.07, 6.45) is 1.56. The molecule has 0 aliphatic heterocycles. The van der Waals surface area contributed by atoms with Crippen molar-refractivity contribution in [2.24, 2.45) is 4.76 Å². The van der Waals surface area contributed by atoms with E-state index in [1.807, 2.05) is 18.7 Å². The summed E-state index contributed by atoms with van der Waals surface area (Å²) in [6.45, 7) is 5.75. The van der Waals surface area contributed by atoms with Gasteiger partial charge in [0.05, 0.1) is 6.34 Å². The molecule has 0 saturated heterocycles. The van der Waals surface area contributed by atoms with Crippen LogP contribution >= 0.6 is 17.9 Å². The second-order valence-corrected chi connectivity index (χ2v) is 7.24. The monoisotopic (exact) mass is 212 g/mol. The van der Waals surface area contributed by atoms with E-state index in [1.165, 1.54) is 0 Å². The van der Waals surface area contributed by atoms with Crippen LogP contribution in [0.3, 0.4) is 0 Å². The van der Waals surface area contributed by atoms with Crippen LogP contribution < -0.4 is 0 Å². The van der Waals surface area contributed by atoms with Crippen molar-refractivity contribution in [1.82, 2.24) is 4.90 Å². The van der Waals surface area contributed by atoms with E-state index in [2.05, 4.69) is 28.8 Å². The molecule has 0 aliphatic carbocycles. The Kier molecular flexibility index (Phi) is 5.34. The quantitative estimate of drug-likeness (QED) is 0.321. The van der Waals surface area contributed by atoms with Gasteiger partial charge in [0.2, 0.25) is 5.62 Å². The molecule has 0 saturated carbocycles. The third-order valence-corrected chi connectivity index (χ3v) is 2.17. The van der Waals surface area contributed by atoms with E-state index in [0.29, 0.717) is 0 Å². The lowest BCUT2D eigenvalue weighted by Gasteiger charge is -2.14. The molecule has 0 heterocycles. The molecule has 0 aromatic carbocycles. The molecular weight excluding hydrogens is 199 g/mol. The summed E-state index contributed by atoms with van der Waals surface area (Å²) in [5.74, 6) is 0. The first-order chi connectivity index (χ1) is 4.99. The average Bonchev–Trinajstić information content (AvgIpc) is 1.88. The maximum atomic E-state index is 9.02. The predicted molar refractivity (Wildman–Crippen MR) is 56.9 cm³/mol. The largest absolute Gasteiger partial charge is 0.363 e. The third-order valence-electron chi connectivity index (χ3n) is 1.18. The number of rotatable bonds is 4. The van der Waals surface area contributed by atoms with Gasteiger partial charge >= 0.3 is 0 Å². The van der Waals surface area contributed by atoms with Crippen LogP contribution in [0.15, 0.2) is 4.76 Å². The van der Waals surface area contributed by atoms with Crippen LogP contribution in [0.25, 0.3) is 0 Å². The highest BCUT2D eigenvalue weighted by Gasteiger charge is 2.00. The summed E-state index contributed by atoms with van der Waals surface area (Å²) in [5.41, 5.74) is -2.69.